The van der Waals surface area contributed by atoms with Crippen molar-refractivity contribution in [1.82, 2.24) is 5.32 Å². The largest absolute Gasteiger partial charge is 0.373 e. The molecular formula is C10H14N2. The first kappa shape index (κ1) is 8.78. The van der Waals surface area contributed by atoms with Crippen LogP contribution in [-0.2, 0) is 0 Å². The van der Waals surface area contributed by atoms with Gasteiger partial charge in [-0.15, -0.1) is 0 Å². The Hall–Kier alpha value is -1.31. The zero-order valence-corrected chi connectivity index (χ0v) is 7.73. The van der Waals surface area contributed by atoms with Crippen LogP contribution >= 0.6 is 0 Å². The van der Waals surface area contributed by atoms with E-state index in [0.29, 0.717) is 5.84 Å². The molecule has 0 atom stereocenters. The van der Waals surface area contributed by atoms with E-state index in [9.17, 15) is 0 Å². The molecule has 0 aliphatic carbocycles. The summed E-state index contributed by atoms with van der Waals surface area (Å²) in [6, 6.07) is 6.12. The summed E-state index contributed by atoms with van der Waals surface area (Å²) in [6.45, 7) is 4.05. The molecule has 0 aliphatic rings. The van der Waals surface area contributed by atoms with Gasteiger partial charge in [0, 0.05) is 12.6 Å². The van der Waals surface area contributed by atoms with Crippen LogP contribution in [0, 0.1) is 19.3 Å². The molecule has 1 rings (SSSR count). The zero-order chi connectivity index (χ0) is 9.14. The molecule has 0 radical (unpaired) electrons. The molecule has 0 bridgehead atoms. The Labute approximate surface area is 73.1 Å². The van der Waals surface area contributed by atoms with E-state index in [-0.39, 0.29) is 0 Å². The summed E-state index contributed by atoms with van der Waals surface area (Å²) < 4.78 is 0. The van der Waals surface area contributed by atoms with Crippen molar-refractivity contribution in [2.24, 2.45) is 0 Å². The molecular weight excluding hydrogens is 148 g/mol. The molecule has 0 fully saturated rings. The van der Waals surface area contributed by atoms with Crippen molar-refractivity contribution in [2.75, 3.05) is 7.05 Å². The van der Waals surface area contributed by atoms with Gasteiger partial charge >= 0.3 is 0 Å². The van der Waals surface area contributed by atoms with Crippen molar-refractivity contribution in [3.63, 3.8) is 0 Å². The second-order valence-corrected chi connectivity index (χ2v) is 2.94. The number of amidine groups is 1. The van der Waals surface area contributed by atoms with Gasteiger partial charge in [-0.3, -0.25) is 5.41 Å². The standard InChI is InChI=1S/C10H14N2/c1-7-4-5-8(2)9(6-7)10(11)12-3/h4-6H,1-3H3,(H2,11,12). The quantitative estimate of drug-likeness (QED) is 0.480. The molecule has 2 heteroatoms. The molecule has 0 saturated heterocycles. The van der Waals surface area contributed by atoms with Gasteiger partial charge in [-0.05, 0) is 25.5 Å². The average Bonchev–Trinajstić information content (AvgIpc) is 2.08. The van der Waals surface area contributed by atoms with E-state index < -0.39 is 0 Å². The van der Waals surface area contributed by atoms with Gasteiger partial charge in [-0.2, -0.15) is 0 Å². The normalized spacial score (nSPS) is 9.58. The molecule has 0 saturated carbocycles. The minimum Gasteiger partial charge on any atom is -0.373 e. The number of rotatable bonds is 1. The molecule has 12 heavy (non-hydrogen) atoms. The smallest absolute Gasteiger partial charge is 0.125 e. The number of benzene rings is 1. The fraction of sp³-hybridized carbons (Fsp3) is 0.300. The maximum Gasteiger partial charge on any atom is 0.125 e. The lowest BCUT2D eigenvalue weighted by Crippen LogP contribution is -2.19. The Balaban J connectivity index is 3.13. The van der Waals surface area contributed by atoms with E-state index in [1.165, 1.54) is 5.56 Å². The summed E-state index contributed by atoms with van der Waals surface area (Å²) in [6.07, 6.45) is 0. The van der Waals surface area contributed by atoms with E-state index in [1.807, 2.05) is 26.0 Å². The Morgan fingerprint density at radius 1 is 1.33 bits per heavy atom. The zero-order valence-electron chi connectivity index (χ0n) is 7.73. The number of aryl methyl sites for hydroxylation is 2. The number of nitrogens with one attached hydrogen (secondary N) is 2. The maximum absolute atomic E-state index is 7.60. The van der Waals surface area contributed by atoms with Crippen LogP contribution in [0.1, 0.15) is 16.7 Å². The molecule has 2 nitrogen and oxygen atoms in total. The van der Waals surface area contributed by atoms with Gasteiger partial charge in [0.2, 0.25) is 0 Å². The first-order valence-electron chi connectivity index (χ1n) is 3.99. The lowest BCUT2D eigenvalue weighted by Gasteiger charge is -2.07. The predicted octanol–water partition coefficient (Wildman–Crippen LogP) is 1.85. The van der Waals surface area contributed by atoms with Crippen molar-refractivity contribution in [2.45, 2.75) is 13.8 Å². The maximum atomic E-state index is 7.60. The summed E-state index contributed by atoms with van der Waals surface area (Å²) in [7, 11) is 1.77. The van der Waals surface area contributed by atoms with Gasteiger partial charge < -0.3 is 5.32 Å². The van der Waals surface area contributed by atoms with E-state index >= 15 is 0 Å². The molecule has 0 aliphatic heterocycles. The highest BCUT2D eigenvalue weighted by molar-refractivity contribution is 5.97. The Morgan fingerprint density at radius 3 is 2.58 bits per heavy atom. The fourth-order valence-corrected chi connectivity index (χ4v) is 1.14. The van der Waals surface area contributed by atoms with Crippen LogP contribution in [0.15, 0.2) is 18.2 Å². The molecule has 0 spiro atoms. The van der Waals surface area contributed by atoms with Crippen molar-refractivity contribution in [1.29, 1.82) is 5.41 Å². The van der Waals surface area contributed by atoms with Gasteiger partial charge in [0.25, 0.3) is 0 Å². The van der Waals surface area contributed by atoms with Crippen molar-refractivity contribution in [3.8, 4) is 0 Å². The lowest BCUT2D eigenvalue weighted by atomic mass is 10.1. The molecule has 0 amide bonds. The monoisotopic (exact) mass is 162 g/mol. The molecule has 0 unspecified atom stereocenters. The van der Waals surface area contributed by atoms with Crippen molar-refractivity contribution < 1.29 is 0 Å². The number of hydrogen-bond donors (Lipinski definition) is 2. The third kappa shape index (κ3) is 1.64. The van der Waals surface area contributed by atoms with Crippen molar-refractivity contribution in [3.05, 3.63) is 34.9 Å². The molecule has 0 heterocycles. The second kappa shape index (κ2) is 3.39. The van der Waals surface area contributed by atoms with Gasteiger partial charge in [0.15, 0.2) is 0 Å². The molecule has 1 aromatic carbocycles. The number of hydrogen-bond acceptors (Lipinski definition) is 1. The minimum absolute atomic E-state index is 0.483. The van der Waals surface area contributed by atoms with Gasteiger partial charge in [0.1, 0.15) is 5.84 Å². The van der Waals surface area contributed by atoms with E-state index in [0.717, 1.165) is 11.1 Å². The summed E-state index contributed by atoms with van der Waals surface area (Å²) in [5.74, 6) is 0.483. The van der Waals surface area contributed by atoms with Gasteiger partial charge in [-0.1, -0.05) is 17.7 Å². The Bertz CT molecular complexity index is 303. The summed E-state index contributed by atoms with van der Waals surface area (Å²) in [4.78, 5) is 0. The third-order valence-corrected chi connectivity index (χ3v) is 1.91. The summed E-state index contributed by atoms with van der Waals surface area (Å²) in [5, 5.41) is 10.4. The van der Waals surface area contributed by atoms with Crippen LogP contribution in [0.25, 0.3) is 0 Å². The summed E-state index contributed by atoms with van der Waals surface area (Å²) >= 11 is 0. The first-order chi connectivity index (χ1) is 5.65. The molecule has 64 valence electrons. The van der Waals surface area contributed by atoms with Crippen molar-refractivity contribution >= 4 is 5.84 Å². The van der Waals surface area contributed by atoms with Gasteiger partial charge in [-0.25, -0.2) is 0 Å². The minimum atomic E-state index is 0.483. The average molecular weight is 162 g/mol. The van der Waals surface area contributed by atoms with E-state index in [2.05, 4.69) is 11.4 Å². The highest BCUT2D eigenvalue weighted by Crippen LogP contribution is 2.09. The Morgan fingerprint density at radius 2 is 2.00 bits per heavy atom. The molecule has 1 aromatic rings. The van der Waals surface area contributed by atoms with Crippen LogP contribution in [0.2, 0.25) is 0 Å². The predicted molar refractivity (Wildman–Crippen MR) is 51.8 cm³/mol. The Kier molecular flexibility index (Phi) is 2.48. The SMILES string of the molecule is CNC(=N)c1cc(C)ccc1C. The molecule has 2 N–H and O–H groups in total. The van der Waals surface area contributed by atoms with Crippen LogP contribution in [0.5, 0.6) is 0 Å². The summed E-state index contributed by atoms with van der Waals surface area (Å²) in [5.41, 5.74) is 3.31. The van der Waals surface area contributed by atoms with Crippen LogP contribution in [-0.4, -0.2) is 12.9 Å². The third-order valence-electron chi connectivity index (χ3n) is 1.91. The van der Waals surface area contributed by atoms with E-state index in [1.54, 1.807) is 7.05 Å². The topological polar surface area (TPSA) is 35.9 Å². The van der Waals surface area contributed by atoms with Crippen LogP contribution in [0.4, 0.5) is 0 Å². The highest BCUT2D eigenvalue weighted by Gasteiger charge is 2.02. The molecule has 0 aromatic heterocycles. The van der Waals surface area contributed by atoms with Crippen LogP contribution in [0.3, 0.4) is 0 Å². The first-order valence-corrected chi connectivity index (χ1v) is 3.99. The van der Waals surface area contributed by atoms with Gasteiger partial charge in [0.05, 0.1) is 0 Å². The van der Waals surface area contributed by atoms with E-state index in [4.69, 9.17) is 5.41 Å². The second-order valence-electron chi connectivity index (χ2n) is 2.94. The van der Waals surface area contributed by atoms with Crippen LogP contribution < -0.4 is 5.32 Å². The lowest BCUT2D eigenvalue weighted by molar-refractivity contribution is 1.13. The highest BCUT2D eigenvalue weighted by atomic mass is 14.9. The fourth-order valence-electron chi connectivity index (χ4n) is 1.14.